The molecule has 0 spiro atoms. The summed E-state index contributed by atoms with van der Waals surface area (Å²) in [5.41, 5.74) is 0.830. The fraction of sp³-hybridized carbons (Fsp3) is 0.393. The lowest BCUT2D eigenvalue weighted by Crippen LogP contribution is -2.48. The highest BCUT2D eigenvalue weighted by molar-refractivity contribution is 6.33. The van der Waals surface area contributed by atoms with Crippen molar-refractivity contribution in [1.82, 2.24) is 34.9 Å². The van der Waals surface area contributed by atoms with Crippen molar-refractivity contribution in [3.8, 4) is 17.6 Å². The lowest BCUT2D eigenvalue weighted by molar-refractivity contribution is -0.126. The summed E-state index contributed by atoms with van der Waals surface area (Å²) in [6.07, 6.45) is 7.77. The van der Waals surface area contributed by atoms with Gasteiger partial charge in [0.05, 0.1) is 22.5 Å². The van der Waals surface area contributed by atoms with E-state index in [9.17, 15) is 9.18 Å². The quantitative estimate of drug-likeness (QED) is 0.322. The van der Waals surface area contributed by atoms with Gasteiger partial charge in [-0.25, -0.2) is 9.37 Å². The zero-order chi connectivity index (χ0) is 28.5. The minimum absolute atomic E-state index is 0.0819. The maximum Gasteiger partial charge on any atom is 0.319 e. The Morgan fingerprint density at radius 1 is 1.22 bits per heavy atom. The van der Waals surface area contributed by atoms with E-state index in [4.69, 9.17) is 31.0 Å². The van der Waals surface area contributed by atoms with E-state index in [0.717, 1.165) is 19.4 Å². The number of halogens is 2. The molecule has 0 aliphatic carbocycles. The third kappa shape index (κ3) is 5.36. The van der Waals surface area contributed by atoms with Crippen molar-refractivity contribution in [2.45, 2.75) is 25.3 Å². The molecule has 4 aromatic rings. The smallest absolute Gasteiger partial charge is 0.319 e. The molecule has 5 heterocycles. The zero-order valence-corrected chi connectivity index (χ0v) is 23.4. The van der Waals surface area contributed by atoms with Gasteiger partial charge in [-0.2, -0.15) is 15.1 Å². The van der Waals surface area contributed by atoms with Crippen LogP contribution in [-0.2, 0) is 4.79 Å². The number of anilines is 1. The normalized spacial score (nSPS) is 18.2. The molecule has 214 valence electrons. The maximum atomic E-state index is 14.6. The number of fused-ring (bicyclic) bond motifs is 2. The number of carbonyl (C=O) groups excluding carboxylic acids is 1. The van der Waals surface area contributed by atoms with Crippen molar-refractivity contribution in [1.29, 1.82) is 0 Å². The number of rotatable bonds is 7. The molecule has 0 saturated carbocycles. The Balaban J connectivity index is 1.39. The Labute approximate surface area is 240 Å². The number of hydrogen-bond acceptors (Lipinski definition) is 9. The number of likely N-dealkylation sites (tertiary alicyclic amines) is 1. The van der Waals surface area contributed by atoms with Gasteiger partial charge in [-0.15, -0.1) is 0 Å². The lowest BCUT2D eigenvalue weighted by Gasteiger charge is -2.35. The molecule has 11 nitrogen and oxygen atoms in total. The largest absolute Gasteiger partial charge is 0.462 e. The van der Waals surface area contributed by atoms with Crippen LogP contribution in [0.5, 0.6) is 17.6 Å². The molecule has 2 saturated heterocycles. The topological polar surface area (TPSA) is 113 Å². The minimum Gasteiger partial charge on any atom is -0.462 e. The van der Waals surface area contributed by atoms with Crippen LogP contribution in [0.25, 0.3) is 21.8 Å². The number of nitrogens with zero attached hydrogens (tertiary/aromatic N) is 7. The van der Waals surface area contributed by atoms with Gasteiger partial charge in [0.25, 0.3) is 0 Å². The minimum atomic E-state index is -0.651. The summed E-state index contributed by atoms with van der Waals surface area (Å²) in [6, 6.07) is 3.51. The van der Waals surface area contributed by atoms with Crippen LogP contribution in [0.2, 0.25) is 5.02 Å². The molecule has 3 aromatic heterocycles. The van der Waals surface area contributed by atoms with Crippen LogP contribution < -0.4 is 14.4 Å². The van der Waals surface area contributed by atoms with Crippen LogP contribution in [0.15, 0.2) is 37.2 Å². The number of piperidine rings is 1. The summed E-state index contributed by atoms with van der Waals surface area (Å²) in [5, 5.41) is 7.73. The highest BCUT2D eigenvalue weighted by atomic mass is 35.5. The molecule has 0 bridgehead atoms. The second kappa shape index (κ2) is 11.5. The number of piperazine rings is 1. The molecule has 6 rings (SSSR count). The number of nitrogens with one attached hydrogen (secondary N) is 1. The third-order valence-corrected chi connectivity index (χ3v) is 8.08. The Morgan fingerprint density at radius 2 is 2.05 bits per heavy atom. The molecule has 0 unspecified atom stereocenters. The molecule has 13 heteroatoms. The van der Waals surface area contributed by atoms with Crippen LogP contribution in [-0.4, -0.2) is 93.3 Å². The van der Waals surface area contributed by atoms with E-state index >= 15 is 0 Å². The number of likely N-dealkylation sites (N-methyl/N-ethyl adjacent to an activating group) is 1. The van der Waals surface area contributed by atoms with Crippen molar-refractivity contribution in [3.63, 3.8) is 0 Å². The number of H-pyrrole nitrogens is 1. The first-order valence-corrected chi connectivity index (χ1v) is 14.0. The molecule has 2 fully saturated rings. The number of benzene rings is 1. The second-order valence-electron chi connectivity index (χ2n) is 10.2. The molecular formula is C28H30ClFN8O3. The first-order chi connectivity index (χ1) is 19.9. The Hall–Kier alpha value is -4.03. The van der Waals surface area contributed by atoms with Gasteiger partial charge in [-0.05, 0) is 38.6 Å². The number of pyridine rings is 1. The lowest BCUT2D eigenvalue weighted by atomic mass is 10.0. The predicted octanol–water partition coefficient (Wildman–Crippen LogP) is 4.18. The highest BCUT2D eigenvalue weighted by Crippen LogP contribution is 2.40. The van der Waals surface area contributed by atoms with Gasteiger partial charge in [-0.3, -0.25) is 9.89 Å². The first kappa shape index (κ1) is 27.2. The average Bonchev–Trinajstić information content (AvgIpc) is 3.46. The zero-order valence-electron chi connectivity index (χ0n) is 22.6. The van der Waals surface area contributed by atoms with Crippen LogP contribution in [0, 0.1) is 5.82 Å². The number of ether oxygens (including phenoxy) is 2. The van der Waals surface area contributed by atoms with Crippen molar-refractivity contribution in [2.75, 3.05) is 51.3 Å². The Morgan fingerprint density at radius 3 is 2.83 bits per heavy atom. The monoisotopic (exact) mass is 580 g/mol. The van der Waals surface area contributed by atoms with Crippen molar-refractivity contribution >= 4 is 45.1 Å². The van der Waals surface area contributed by atoms with Crippen LogP contribution in [0.1, 0.15) is 19.3 Å². The van der Waals surface area contributed by atoms with Gasteiger partial charge >= 0.3 is 6.01 Å². The Bertz CT molecular complexity index is 1610. The second-order valence-corrected chi connectivity index (χ2v) is 10.6. The fourth-order valence-electron chi connectivity index (χ4n) is 5.37. The maximum absolute atomic E-state index is 14.6. The summed E-state index contributed by atoms with van der Waals surface area (Å²) in [7, 11) is 2.10. The summed E-state index contributed by atoms with van der Waals surface area (Å²) in [6.45, 7) is 7.20. The molecule has 2 aliphatic heterocycles. The number of aromatic nitrogens is 5. The van der Waals surface area contributed by atoms with Crippen LogP contribution in [0.3, 0.4) is 0 Å². The van der Waals surface area contributed by atoms with E-state index in [1.54, 1.807) is 17.2 Å². The fourth-order valence-corrected chi connectivity index (χ4v) is 5.56. The van der Waals surface area contributed by atoms with E-state index in [-0.39, 0.29) is 34.6 Å². The van der Waals surface area contributed by atoms with Gasteiger partial charge in [0.2, 0.25) is 11.8 Å². The molecule has 1 N–H and O–H groups in total. The van der Waals surface area contributed by atoms with E-state index < -0.39 is 5.82 Å². The number of carbonyl (C=O) groups is 1. The number of hydrogen-bond donors (Lipinski definition) is 1. The van der Waals surface area contributed by atoms with E-state index in [2.05, 4.69) is 38.6 Å². The van der Waals surface area contributed by atoms with Crippen molar-refractivity contribution in [2.24, 2.45) is 0 Å². The molecular weight excluding hydrogens is 551 g/mol. The number of aromatic amines is 1. The van der Waals surface area contributed by atoms with E-state index in [0.29, 0.717) is 60.4 Å². The van der Waals surface area contributed by atoms with Crippen molar-refractivity contribution < 1.29 is 18.7 Å². The standard InChI is InChI=1S/C28H30ClFN8O3/c1-3-22(39)37-10-12-38(13-11-37)26-18-7-8-31-27(41-25-19-15-32-35-21(19)14-20(30)23(25)29)24(18)33-28(34-26)40-16-17-6-4-5-9-36(17)2/h3,7-8,14-15,17H,1,4-6,9-13,16H2,2H3,(H,32,35)/t17-/m0/s1. The average molecular weight is 581 g/mol. The van der Waals surface area contributed by atoms with Crippen LogP contribution in [0.4, 0.5) is 10.2 Å². The predicted molar refractivity (Wildman–Crippen MR) is 153 cm³/mol. The van der Waals surface area contributed by atoms with E-state index in [1.165, 1.54) is 24.8 Å². The molecule has 1 atom stereocenters. The van der Waals surface area contributed by atoms with Crippen LogP contribution >= 0.6 is 11.6 Å². The van der Waals surface area contributed by atoms with E-state index in [1.807, 2.05) is 0 Å². The summed E-state index contributed by atoms with van der Waals surface area (Å²) >= 11 is 6.34. The summed E-state index contributed by atoms with van der Waals surface area (Å²) < 4.78 is 27.0. The van der Waals surface area contributed by atoms with Gasteiger partial charge < -0.3 is 24.2 Å². The summed E-state index contributed by atoms with van der Waals surface area (Å²) in [4.78, 5) is 32.2. The third-order valence-electron chi connectivity index (χ3n) is 7.72. The van der Waals surface area contributed by atoms with Gasteiger partial charge in [0.15, 0.2) is 5.75 Å². The Kier molecular flexibility index (Phi) is 7.59. The van der Waals surface area contributed by atoms with Gasteiger partial charge in [0, 0.05) is 44.5 Å². The molecule has 41 heavy (non-hydrogen) atoms. The van der Waals surface area contributed by atoms with Gasteiger partial charge in [-0.1, -0.05) is 24.6 Å². The molecule has 1 amide bonds. The van der Waals surface area contributed by atoms with Gasteiger partial charge in [0.1, 0.15) is 28.8 Å². The molecule has 2 aliphatic rings. The van der Waals surface area contributed by atoms with Crippen molar-refractivity contribution in [3.05, 3.63) is 48.0 Å². The number of amides is 1. The summed E-state index contributed by atoms with van der Waals surface area (Å²) in [5.74, 6) is 0.0928. The highest BCUT2D eigenvalue weighted by Gasteiger charge is 2.26. The first-order valence-electron chi connectivity index (χ1n) is 13.6. The SMILES string of the molecule is C=CC(=O)N1CCN(c2nc(OC[C@@H]3CCCCN3C)nc3c(Oc4c(Cl)c(F)cc5[nH]ncc45)nccc23)CC1. The molecule has 0 radical (unpaired) electrons. The molecule has 1 aromatic carbocycles.